The molecule has 0 aromatic heterocycles. The summed E-state index contributed by atoms with van der Waals surface area (Å²) in [6, 6.07) is 10.4. The largest absolute Gasteiger partial charge is 0.297 e. The fraction of sp³-hybridized carbons (Fsp3) is 0.500. The number of nitrogens with zero attached hydrogens (tertiary/aromatic N) is 2. The normalized spacial score (nSPS) is 18.3. The highest BCUT2D eigenvalue weighted by Gasteiger charge is 2.06. The highest BCUT2D eigenvalue weighted by Crippen LogP contribution is 2.11. The van der Waals surface area contributed by atoms with Gasteiger partial charge < -0.3 is 0 Å². The van der Waals surface area contributed by atoms with Gasteiger partial charge in [0.1, 0.15) is 0 Å². The fourth-order valence-corrected chi connectivity index (χ4v) is 2.10. The number of rotatable bonds is 2. The number of hydrazone groups is 1. The van der Waals surface area contributed by atoms with E-state index in [0.29, 0.717) is 0 Å². The Hall–Kier alpha value is -1.31. The van der Waals surface area contributed by atoms with Crippen molar-refractivity contribution >= 4 is 5.71 Å². The Morgan fingerprint density at radius 1 is 1.00 bits per heavy atom. The van der Waals surface area contributed by atoms with Crippen molar-refractivity contribution in [1.29, 1.82) is 0 Å². The van der Waals surface area contributed by atoms with Crippen molar-refractivity contribution in [1.82, 2.24) is 5.01 Å². The zero-order chi connectivity index (χ0) is 11.2. The highest BCUT2D eigenvalue weighted by atomic mass is 15.4. The van der Waals surface area contributed by atoms with E-state index in [4.69, 9.17) is 5.10 Å². The number of benzene rings is 1. The Kier molecular flexibility index (Phi) is 3.97. The molecular weight excluding hydrogens is 196 g/mol. The molecule has 0 radical (unpaired) electrons. The van der Waals surface area contributed by atoms with Gasteiger partial charge in [-0.3, -0.25) is 5.01 Å². The van der Waals surface area contributed by atoms with Crippen LogP contribution in [-0.4, -0.2) is 23.8 Å². The SMILES string of the molecule is C/C(=N\N1CCCCCC1)c1ccccc1. The third-order valence-corrected chi connectivity index (χ3v) is 3.07. The maximum Gasteiger partial charge on any atom is 0.0646 e. The summed E-state index contributed by atoms with van der Waals surface area (Å²) in [6.45, 7) is 4.33. The molecule has 1 fully saturated rings. The average Bonchev–Trinajstić information content (AvgIpc) is 2.59. The van der Waals surface area contributed by atoms with Crippen molar-refractivity contribution in [2.45, 2.75) is 32.6 Å². The van der Waals surface area contributed by atoms with Gasteiger partial charge in [0.05, 0.1) is 5.71 Å². The van der Waals surface area contributed by atoms with Gasteiger partial charge in [-0.25, -0.2) is 0 Å². The van der Waals surface area contributed by atoms with E-state index in [1.54, 1.807) is 0 Å². The van der Waals surface area contributed by atoms with Gasteiger partial charge in [0.25, 0.3) is 0 Å². The monoisotopic (exact) mass is 216 g/mol. The second kappa shape index (κ2) is 5.69. The van der Waals surface area contributed by atoms with Crippen LogP contribution in [0.2, 0.25) is 0 Å². The van der Waals surface area contributed by atoms with Gasteiger partial charge in [0.15, 0.2) is 0 Å². The standard InChI is InChI=1S/C14H20N2/c1-13(14-9-5-4-6-10-14)15-16-11-7-2-3-8-12-16/h4-6,9-10H,2-3,7-8,11-12H2,1H3/b15-13+. The first-order valence-corrected chi connectivity index (χ1v) is 6.22. The lowest BCUT2D eigenvalue weighted by molar-refractivity contribution is 0.301. The summed E-state index contributed by atoms with van der Waals surface area (Å²) in [7, 11) is 0. The first-order chi connectivity index (χ1) is 7.86. The molecular formula is C14H20N2. The van der Waals surface area contributed by atoms with E-state index in [1.165, 1.54) is 31.2 Å². The van der Waals surface area contributed by atoms with Crippen LogP contribution in [0.3, 0.4) is 0 Å². The molecule has 86 valence electrons. The minimum Gasteiger partial charge on any atom is -0.297 e. The predicted octanol–water partition coefficient (Wildman–Crippen LogP) is 3.29. The first kappa shape index (κ1) is 11.2. The zero-order valence-electron chi connectivity index (χ0n) is 10.0. The Bertz CT molecular complexity index is 335. The van der Waals surface area contributed by atoms with Gasteiger partial charge in [0, 0.05) is 13.1 Å². The molecule has 1 saturated heterocycles. The minimum atomic E-state index is 1.12. The summed E-state index contributed by atoms with van der Waals surface area (Å²) in [5.74, 6) is 0. The molecule has 0 N–H and O–H groups in total. The van der Waals surface area contributed by atoms with Gasteiger partial charge in [0.2, 0.25) is 0 Å². The maximum absolute atomic E-state index is 4.72. The summed E-state index contributed by atoms with van der Waals surface area (Å²) in [5, 5.41) is 6.95. The van der Waals surface area contributed by atoms with E-state index >= 15 is 0 Å². The Balaban J connectivity index is 2.05. The van der Waals surface area contributed by atoms with E-state index < -0.39 is 0 Å². The lowest BCUT2D eigenvalue weighted by Crippen LogP contribution is -2.20. The van der Waals surface area contributed by atoms with Gasteiger partial charge in [-0.15, -0.1) is 0 Å². The maximum atomic E-state index is 4.72. The summed E-state index contributed by atoms with van der Waals surface area (Å²) < 4.78 is 0. The van der Waals surface area contributed by atoms with Gasteiger partial charge in [-0.05, 0) is 25.3 Å². The summed E-state index contributed by atoms with van der Waals surface area (Å²) in [6.07, 6.45) is 5.28. The number of hydrogen-bond acceptors (Lipinski definition) is 2. The van der Waals surface area contributed by atoms with E-state index in [0.717, 1.165) is 18.8 Å². The van der Waals surface area contributed by atoms with E-state index in [2.05, 4.69) is 36.2 Å². The summed E-state index contributed by atoms with van der Waals surface area (Å²) >= 11 is 0. The molecule has 0 amide bonds. The molecule has 0 bridgehead atoms. The van der Waals surface area contributed by atoms with Crippen molar-refractivity contribution in [2.24, 2.45) is 5.10 Å². The fourth-order valence-electron chi connectivity index (χ4n) is 2.10. The van der Waals surface area contributed by atoms with Crippen LogP contribution in [0.4, 0.5) is 0 Å². The first-order valence-electron chi connectivity index (χ1n) is 6.22. The quantitative estimate of drug-likeness (QED) is 0.693. The molecule has 0 atom stereocenters. The lowest BCUT2D eigenvalue weighted by Gasteiger charge is -2.17. The third-order valence-electron chi connectivity index (χ3n) is 3.07. The average molecular weight is 216 g/mol. The Labute approximate surface area is 98.0 Å². The van der Waals surface area contributed by atoms with Crippen LogP contribution in [0.25, 0.3) is 0 Å². The van der Waals surface area contributed by atoms with E-state index in [9.17, 15) is 0 Å². The molecule has 1 aliphatic rings. The van der Waals surface area contributed by atoms with Gasteiger partial charge >= 0.3 is 0 Å². The van der Waals surface area contributed by atoms with Crippen LogP contribution in [0.5, 0.6) is 0 Å². The van der Waals surface area contributed by atoms with Crippen molar-refractivity contribution in [2.75, 3.05) is 13.1 Å². The molecule has 0 saturated carbocycles. The van der Waals surface area contributed by atoms with Crippen LogP contribution in [0.15, 0.2) is 35.4 Å². The van der Waals surface area contributed by atoms with Crippen LogP contribution in [-0.2, 0) is 0 Å². The summed E-state index contributed by atoms with van der Waals surface area (Å²) in [4.78, 5) is 0. The van der Waals surface area contributed by atoms with Crippen molar-refractivity contribution < 1.29 is 0 Å². The van der Waals surface area contributed by atoms with Crippen molar-refractivity contribution in [3.63, 3.8) is 0 Å². The molecule has 0 spiro atoms. The highest BCUT2D eigenvalue weighted by molar-refractivity contribution is 5.98. The summed E-state index contributed by atoms with van der Waals surface area (Å²) in [5.41, 5.74) is 2.36. The van der Waals surface area contributed by atoms with E-state index in [1.807, 2.05) is 6.07 Å². The Morgan fingerprint density at radius 3 is 2.25 bits per heavy atom. The van der Waals surface area contributed by atoms with Crippen LogP contribution < -0.4 is 0 Å². The zero-order valence-corrected chi connectivity index (χ0v) is 10.0. The molecule has 1 aliphatic heterocycles. The van der Waals surface area contributed by atoms with Crippen molar-refractivity contribution in [3.8, 4) is 0 Å². The molecule has 2 heteroatoms. The predicted molar refractivity (Wildman–Crippen MR) is 68.7 cm³/mol. The smallest absolute Gasteiger partial charge is 0.0646 e. The van der Waals surface area contributed by atoms with E-state index in [-0.39, 0.29) is 0 Å². The molecule has 2 nitrogen and oxygen atoms in total. The second-order valence-corrected chi connectivity index (χ2v) is 4.42. The molecule has 1 aromatic rings. The third kappa shape index (κ3) is 3.09. The molecule has 1 heterocycles. The second-order valence-electron chi connectivity index (χ2n) is 4.42. The van der Waals surface area contributed by atoms with Gasteiger partial charge in [-0.2, -0.15) is 5.10 Å². The minimum absolute atomic E-state index is 1.12. The number of hydrogen-bond donors (Lipinski definition) is 0. The lowest BCUT2D eigenvalue weighted by atomic mass is 10.1. The molecule has 1 aromatic carbocycles. The molecule has 0 aliphatic carbocycles. The topological polar surface area (TPSA) is 15.6 Å². The van der Waals surface area contributed by atoms with Crippen LogP contribution >= 0.6 is 0 Å². The molecule has 16 heavy (non-hydrogen) atoms. The Morgan fingerprint density at radius 2 is 1.62 bits per heavy atom. The molecule has 0 unspecified atom stereocenters. The van der Waals surface area contributed by atoms with Crippen LogP contribution in [0, 0.1) is 0 Å². The van der Waals surface area contributed by atoms with Gasteiger partial charge in [-0.1, -0.05) is 43.2 Å². The van der Waals surface area contributed by atoms with Crippen LogP contribution in [0.1, 0.15) is 38.2 Å². The van der Waals surface area contributed by atoms with Crippen molar-refractivity contribution in [3.05, 3.63) is 35.9 Å². The molecule has 2 rings (SSSR count).